The van der Waals surface area contributed by atoms with Crippen molar-refractivity contribution in [2.75, 3.05) is 33.8 Å². The van der Waals surface area contributed by atoms with Crippen LogP contribution in [0.15, 0.2) is 54.6 Å². The molecule has 1 aromatic heterocycles. The maximum Gasteiger partial charge on any atom is 0.356 e. The van der Waals surface area contributed by atoms with Crippen LogP contribution in [-0.2, 0) is 13.0 Å². The lowest BCUT2D eigenvalue weighted by Gasteiger charge is -2.29. The number of ether oxygens (including phenoxy) is 1. The molecule has 0 saturated carbocycles. The zero-order valence-electron chi connectivity index (χ0n) is 18.2. The van der Waals surface area contributed by atoms with Crippen LogP contribution in [0.3, 0.4) is 0 Å². The second-order valence-corrected chi connectivity index (χ2v) is 7.86. The number of carbonyl (C=O) groups is 2. The molecule has 4 rings (SSSR count). The second-order valence-electron chi connectivity index (χ2n) is 7.86. The van der Waals surface area contributed by atoms with E-state index in [1.165, 1.54) is 10.2 Å². The Morgan fingerprint density at radius 2 is 1.88 bits per heavy atom. The summed E-state index contributed by atoms with van der Waals surface area (Å²) in [5.41, 5.74) is 2.58. The van der Waals surface area contributed by atoms with Gasteiger partial charge in [-0.1, -0.05) is 30.3 Å². The third-order valence-corrected chi connectivity index (χ3v) is 5.67. The summed E-state index contributed by atoms with van der Waals surface area (Å²) in [5, 5.41) is 13.9. The zero-order chi connectivity index (χ0) is 22.7. The number of carboxylic acids is 1. The summed E-state index contributed by atoms with van der Waals surface area (Å²) in [7, 11) is 3.60. The van der Waals surface area contributed by atoms with Crippen molar-refractivity contribution in [3.63, 3.8) is 0 Å². The molecule has 3 aromatic rings. The maximum atomic E-state index is 13.4. The first kappa shape index (κ1) is 21.6. The van der Waals surface area contributed by atoms with Gasteiger partial charge in [0.1, 0.15) is 11.4 Å². The van der Waals surface area contributed by atoms with E-state index in [-0.39, 0.29) is 11.6 Å². The van der Waals surface area contributed by atoms with Gasteiger partial charge in [-0.05, 0) is 43.3 Å². The molecule has 0 aliphatic carbocycles. The van der Waals surface area contributed by atoms with Crippen molar-refractivity contribution in [3.05, 3.63) is 77.1 Å². The van der Waals surface area contributed by atoms with E-state index >= 15 is 0 Å². The highest BCUT2D eigenvalue weighted by molar-refractivity contribution is 5.99. The van der Waals surface area contributed by atoms with Crippen molar-refractivity contribution in [1.82, 2.24) is 19.6 Å². The third kappa shape index (κ3) is 4.36. The lowest BCUT2D eigenvalue weighted by atomic mass is 10.0. The molecule has 32 heavy (non-hydrogen) atoms. The standard InChI is InChI=1S/C24H26N4O4/c1-26(16-17-6-4-3-5-7-17)14-15-27-13-12-20-21(24(30)31)25-28(22(20)23(27)29)18-8-10-19(32-2)11-9-18/h3-11H,12-16H2,1-2H3,(H,30,31). The van der Waals surface area contributed by atoms with Crippen LogP contribution >= 0.6 is 0 Å². The molecule has 1 aliphatic rings. The molecule has 0 bridgehead atoms. The molecule has 0 atom stereocenters. The Balaban J connectivity index is 1.55. The number of benzene rings is 2. The van der Waals surface area contributed by atoms with Crippen LogP contribution in [0.1, 0.15) is 32.1 Å². The highest BCUT2D eigenvalue weighted by Crippen LogP contribution is 2.26. The Morgan fingerprint density at radius 3 is 2.53 bits per heavy atom. The number of nitrogens with zero attached hydrogens (tertiary/aromatic N) is 4. The molecule has 1 N–H and O–H groups in total. The van der Waals surface area contributed by atoms with Gasteiger partial charge in [-0.25, -0.2) is 9.48 Å². The van der Waals surface area contributed by atoms with E-state index in [0.29, 0.717) is 48.7 Å². The molecular formula is C24H26N4O4. The number of aromatic nitrogens is 2. The van der Waals surface area contributed by atoms with Gasteiger partial charge in [0.05, 0.1) is 12.8 Å². The first-order chi connectivity index (χ1) is 15.5. The van der Waals surface area contributed by atoms with E-state index in [1.807, 2.05) is 25.2 Å². The summed E-state index contributed by atoms with van der Waals surface area (Å²) in [6.45, 7) is 2.52. The van der Waals surface area contributed by atoms with Gasteiger partial charge in [-0.3, -0.25) is 4.79 Å². The van der Waals surface area contributed by atoms with Crippen molar-refractivity contribution in [3.8, 4) is 11.4 Å². The molecule has 8 heteroatoms. The zero-order valence-corrected chi connectivity index (χ0v) is 18.2. The predicted molar refractivity (Wildman–Crippen MR) is 119 cm³/mol. The maximum absolute atomic E-state index is 13.4. The fourth-order valence-corrected chi connectivity index (χ4v) is 3.97. The largest absolute Gasteiger partial charge is 0.497 e. The van der Waals surface area contributed by atoms with E-state index in [4.69, 9.17) is 4.74 Å². The first-order valence-corrected chi connectivity index (χ1v) is 10.5. The topological polar surface area (TPSA) is 87.9 Å². The molecule has 0 fully saturated rings. The number of amides is 1. The second kappa shape index (κ2) is 9.23. The molecule has 0 spiro atoms. The number of hydrogen-bond acceptors (Lipinski definition) is 5. The molecule has 2 heterocycles. The van der Waals surface area contributed by atoms with Gasteiger partial charge >= 0.3 is 5.97 Å². The Bertz CT molecular complexity index is 1110. The molecule has 1 aliphatic heterocycles. The SMILES string of the molecule is COc1ccc(-n2nc(C(=O)O)c3c2C(=O)N(CCN(C)Cc2ccccc2)CC3)cc1. The van der Waals surface area contributed by atoms with Crippen molar-refractivity contribution in [1.29, 1.82) is 0 Å². The van der Waals surface area contributed by atoms with Crippen LogP contribution in [-0.4, -0.2) is 70.4 Å². The van der Waals surface area contributed by atoms with E-state index < -0.39 is 5.97 Å². The van der Waals surface area contributed by atoms with Crippen molar-refractivity contribution < 1.29 is 19.4 Å². The van der Waals surface area contributed by atoms with Crippen LogP contribution in [0.5, 0.6) is 5.75 Å². The minimum Gasteiger partial charge on any atom is -0.497 e. The summed E-state index contributed by atoms with van der Waals surface area (Å²) < 4.78 is 6.64. The minimum absolute atomic E-state index is 0.0648. The fraction of sp³-hybridized carbons (Fsp3) is 0.292. The third-order valence-electron chi connectivity index (χ3n) is 5.67. The first-order valence-electron chi connectivity index (χ1n) is 10.5. The number of carboxylic acid groups (broad SMARTS) is 1. The molecule has 0 saturated heterocycles. The number of carbonyl (C=O) groups excluding carboxylic acids is 1. The van der Waals surface area contributed by atoms with E-state index in [9.17, 15) is 14.7 Å². The Morgan fingerprint density at radius 1 is 1.16 bits per heavy atom. The average molecular weight is 434 g/mol. The van der Waals surface area contributed by atoms with Gasteiger partial charge in [0.2, 0.25) is 0 Å². The van der Waals surface area contributed by atoms with E-state index in [0.717, 1.165) is 6.54 Å². The Kier molecular flexibility index (Phi) is 6.23. The molecule has 2 aromatic carbocycles. The quantitative estimate of drug-likeness (QED) is 0.587. The molecule has 0 unspecified atom stereocenters. The van der Waals surface area contributed by atoms with Gasteiger partial charge in [-0.15, -0.1) is 0 Å². The summed E-state index contributed by atoms with van der Waals surface area (Å²) >= 11 is 0. The molecule has 166 valence electrons. The van der Waals surface area contributed by atoms with Crippen LogP contribution in [0.4, 0.5) is 0 Å². The van der Waals surface area contributed by atoms with E-state index in [2.05, 4.69) is 22.1 Å². The summed E-state index contributed by atoms with van der Waals surface area (Å²) in [5.74, 6) is -0.657. The van der Waals surface area contributed by atoms with Crippen LogP contribution < -0.4 is 4.74 Å². The van der Waals surface area contributed by atoms with Gasteiger partial charge in [-0.2, -0.15) is 5.10 Å². The van der Waals surface area contributed by atoms with Crippen molar-refractivity contribution >= 4 is 11.9 Å². The molecular weight excluding hydrogens is 408 g/mol. The molecule has 1 amide bonds. The smallest absolute Gasteiger partial charge is 0.356 e. The fourth-order valence-electron chi connectivity index (χ4n) is 3.97. The van der Waals surface area contributed by atoms with Gasteiger partial charge in [0.25, 0.3) is 5.91 Å². The van der Waals surface area contributed by atoms with Gasteiger partial charge in [0, 0.05) is 31.7 Å². The predicted octanol–water partition coefficient (Wildman–Crippen LogP) is 2.71. The van der Waals surface area contributed by atoms with Crippen molar-refractivity contribution in [2.45, 2.75) is 13.0 Å². The summed E-state index contributed by atoms with van der Waals surface area (Å²) in [6.07, 6.45) is 0.460. The number of methoxy groups -OCH3 is 1. The molecule has 8 nitrogen and oxygen atoms in total. The number of likely N-dealkylation sites (N-methyl/N-ethyl adjacent to an activating group) is 1. The monoisotopic (exact) mass is 434 g/mol. The normalized spacial score (nSPS) is 13.3. The highest BCUT2D eigenvalue weighted by Gasteiger charge is 2.34. The average Bonchev–Trinajstić information content (AvgIpc) is 3.20. The van der Waals surface area contributed by atoms with Gasteiger partial charge < -0.3 is 19.6 Å². The Hall–Kier alpha value is -3.65. The number of aromatic carboxylic acids is 1. The minimum atomic E-state index is -1.13. The lowest BCUT2D eigenvalue weighted by Crippen LogP contribution is -2.42. The lowest BCUT2D eigenvalue weighted by molar-refractivity contribution is 0.0688. The highest BCUT2D eigenvalue weighted by atomic mass is 16.5. The summed E-state index contributed by atoms with van der Waals surface area (Å²) in [4.78, 5) is 29.1. The van der Waals surface area contributed by atoms with Crippen molar-refractivity contribution in [2.24, 2.45) is 0 Å². The number of rotatable bonds is 8. The van der Waals surface area contributed by atoms with Crippen LogP contribution in [0.25, 0.3) is 5.69 Å². The Labute approximate surface area is 186 Å². The van der Waals surface area contributed by atoms with E-state index in [1.54, 1.807) is 36.3 Å². The van der Waals surface area contributed by atoms with Crippen LogP contribution in [0.2, 0.25) is 0 Å². The molecule has 0 radical (unpaired) electrons. The number of fused-ring (bicyclic) bond motifs is 1. The summed E-state index contributed by atoms with van der Waals surface area (Å²) in [6, 6.07) is 17.2. The van der Waals surface area contributed by atoms with Crippen LogP contribution in [0, 0.1) is 0 Å². The van der Waals surface area contributed by atoms with Gasteiger partial charge in [0.15, 0.2) is 5.69 Å². The number of hydrogen-bond donors (Lipinski definition) is 1.